The van der Waals surface area contributed by atoms with Crippen molar-refractivity contribution < 1.29 is 52.5 Å². The number of hydrogen-bond acceptors (Lipinski definition) is 5. The molecule has 2 atom stereocenters. The van der Waals surface area contributed by atoms with Crippen LogP contribution >= 0.6 is 0 Å². The normalized spacial score (nSPS) is 20.8. The molecule has 0 radical (unpaired) electrons. The van der Waals surface area contributed by atoms with Gasteiger partial charge >= 0.3 is 12.4 Å². The molecular formula is C24H24F6N2O6S2. The number of carbonyl (C=O) groups excluding carboxylic acids is 1. The number of benzene rings is 2. The first-order valence-corrected chi connectivity index (χ1v) is 15.0. The lowest BCUT2D eigenvalue weighted by molar-refractivity contribution is -0.141. The zero-order chi connectivity index (χ0) is 29.7. The standard InChI is InChI=1S/C24H24F6N2O6S2/c25-23(26,27)14-4-1-6-16(12-14)39(34,35)32-11-3-5-15(32)13-21(33)31-19-8-2-7-18-17(19)9-10-20(40(36,37)38)22(18)24(28,29)30/h1,4,6,9-10,12,15,19H,2-3,5,7-8,11,13H2,(H,31,33)(H,36,37,38). The van der Waals surface area contributed by atoms with Crippen LogP contribution in [0.1, 0.15) is 60.4 Å². The Hall–Kier alpha value is -2.69. The van der Waals surface area contributed by atoms with Crippen molar-refractivity contribution in [1.82, 2.24) is 9.62 Å². The molecule has 2 unspecified atom stereocenters. The minimum absolute atomic E-state index is 0.0270. The van der Waals surface area contributed by atoms with E-state index in [9.17, 15) is 52.5 Å². The van der Waals surface area contributed by atoms with E-state index in [-0.39, 0.29) is 49.8 Å². The molecule has 16 heteroatoms. The van der Waals surface area contributed by atoms with Crippen molar-refractivity contribution in [3.63, 3.8) is 0 Å². The van der Waals surface area contributed by atoms with Gasteiger partial charge in [-0.15, -0.1) is 0 Å². The fourth-order valence-electron chi connectivity index (χ4n) is 5.32. The summed E-state index contributed by atoms with van der Waals surface area (Å²) in [7, 11) is -9.58. The molecule has 0 saturated carbocycles. The van der Waals surface area contributed by atoms with Crippen LogP contribution in [0, 0.1) is 0 Å². The van der Waals surface area contributed by atoms with Crippen LogP contribution in [0.15, 0.2) is 46.2 Å². The SMILES string of the molecule is O=C(CC1CCCN1S(=O)(=O)c1cccc(C(F)(F)F)c1)NC1CCCc2c1ccc(S(=O)(=O)O)c2C(F)(F)F. The van der Waals surface area contributed by atoms with Gasteiger partial charge in [-0.1, -0.05) is 12.1 Å². The number of nitrogens with zero attached hydrogens (tertiary/aromatic N) is 1. The van der Waals surface area contributed by atoms with Crippen LogP contribution < -0.4 is 5.32 Å². The first-order chi connectivity index (χ1) is 18.4. The van der Waals surface area contributed by atoms with Gasteiger partial charge in [-0.05, 0) is 67.5 Å². The fraction of sp³-hybridized carbons (Fsp3) is 0.458. The number of hydrogen-bond donors (Lipinski definition) is 2. The van der Waals surface area contributed by atoms with Crippen molar-refractivity contribution in [1.29, 1.82) is 0 Å². The summed E-state index contributed by atoms with van der Waals surface area (Å²) < 4.78 is 141. The minimum atomic E-state index is -5.19. The van der Waals surface area contributed by atoms with Gasteiger partial charge in [0.15, 0.2) is 0 Å². The van der Waals surface area contributed by atoms with Crippen molar-refractivity contribution in [2.45, 2.75) is 72.8 Å². The molecule has 2 aliphatic rings. The number of carbonyl (C=O) groups is 1. The quantitative estimate of drug-likeness (QED) is 0.359. The number of fused-ring (bicyclic) bond motifs is 1. The second-order valence-electron chi connectivity index (χ2n) is 9.63. The van der Waals surface area contributed by atoms with Gasteiger partial charge in [0.25, 0.3) is 10.1 Å². The smallest absolute Gasteiger partial charge is 0.349 e. The van der Waals surface area contributed by atoms with E-state index in [1.165, 1.54) is 0 Å². The first-order valence-electron chi connectivity index (χ1n) is 12.1. The predicted octanol–water partition coefficient (Wildman–Crippen LogP) is 4.71. The number of amides is 1. The van der Waals surface area contributed by atoms with Crippen LogP contribution in [0.3, 0.4) is 0 Å². The van der Waals surface area contributed by atoms with Gasteiger partial charge in [0.05, 0.1) is 22.1 Å². The zero-order valence-electron chi connectivity index (χ0n) is 20.6. The molecule has 0 bridgehead atoms. The van der Waals surface area contributed by atoms with Crippen molar-refractivity contribution in [3.8, 4) is 0 Å². The maximum atomic E-state index is 13.8. The van der Waals surface area contributed by atoms with Gasteiger partial charge in [-0.3, -0.25) is 9.35 Å². The minimum Gasteiger partial charge on any atom is -0.349 e. The van der Waals surface area contributed by atoms with E-state index in [1.54, 1.807) is 0 Å². The monoisotopic (exact) mass is 614 g/mol. The van der Waals surface area contributed by atoms with E-state index < -0.39 is 71.4 Å². The zero-order valence-corrected chi connectivity index (χ0v) is 22.2. The molecule has 8 nitrogen and oxygen atoms in total. The summed E-state index contributed by atoms with van der Waals surface area (Å²) in [6.07, 6.45) is -9.44. The Kier molecular flexibility index (Phi) is 8.03. The molecule has 0 aromatic heterocycles. The summed E-state index contributed by atoms with van der Waals surface area (Å²) in [5, 5.41) is 2.59. The molecular weight excluding hydrogens is 590 g/mol. The predicted molar refractivity (Wildman–Crippen MR) is 128 cm³/mol. The lowest BCUT2D eigenvalue weighted by Crippen LogP contribution is -2.40. The average Bonchev–Trinajstić information content (AvgIpc) is 3.30. The van der Waals surface area contributed by atoms with E-state index >= 15 is 0 Å². The van der Waals surface area contributed by atoms with E-state index in [2.05, 4.69) is 5.32 Å². The third-order valence-electron chi connectivity index (χ3n) is 7.01. The number of halogens is 6. The van der Waals surface area contributed by atoms with Crippen LogP contribution in [0.2, 0.25) is 0 Å². The number of sulfonamides is 1. The van der Waals surface area contributed by atoms with Crippen LogP contribution in [0.5, 0.6) is 0 Å². The topological polar surface area (TPSA) is 121 Å². The summed E-state index contributed by atoms with van der Waals surface area (Å²) >= 11 is 0. The van der Waals surface area contributed by atoms with Gasteiger partial charge in [-0.2, -0.15) is 39.1 Å². The Labute approximate surface area is 226 Å². The molecule has 4 rings (SSSR count). The molecule has 2 aromatic carbocycles. The van der Waals surface area contributed by atoms with Crippen molar-refractivity contribution in [2.75, 3.05) is 6.54 Å². The third-order valence-corrected chi connectivity index (χ3v) is 9.86. The van der Waals surface area contributed by atoms with Crippen molar-refractivity contribution >= 4 is 26.0 Å². The van der Waals surface area contributed by atoms with Crippen LogP contribution in [-0.4, -0.2) is 44.2 Å². The highest BCUT2D eigenvalue weighted by Gasteiger charge is 2.42. The highest BCUT2D eigenvalue weighted by atomic mass is 32.2. The van der Waals surface area contributed by atoms with Gasteiger partial charge in [-0.25, -0.2) is 8.42 Å². The maximum absolute atomic E-state index is 13.8. The van der Waals surface area contributed by atoms with Crippen molar-refractivity contribution in [2.24, 2.45) is 0 Å². The molecule has 1 fully saturated rings. The van der Waals surface area contributed by atoms with Crippen LogP contribution in [-0.2, 0) is 43.7 Å². The van der Waals surface area contributed by atoms with E-state index in [4.69, 9.17) is 0 Å². The summed E-state index contributed by atoms with van der Waals surface area (Å²) in [6.45, 7) is -0.0316. The molecule has 0 spiro atoms. The second kappa shape index (κ2) is 10.6. The van der Waals surface area contributed by atoms with Gasteiger partial charge in [0.1, 0.15) is 4.90 Å². The molecule has 40 heavy (non-hydrogen) atoms. The highest BCUT2D eigenvalue weighted by molar-refractivity contribution is 7.89. The van der Waals surface area contributed by atoms with Crippen LogP contribution in [0.25, 0.3) is 0 Å². The number of rotatable bonds is 6. The largest absolute Gasteiger partial charge is 0.418 e. The average molecular weight is 615 g/mol. The Morgan fingerprint density at radius 1 is 0.975 bits per heavy atom. The van der Waals surface area contributed by atoms with Gasteiger partial charge in [0.2, 0.25) is 15.9 Å². The molecule has 1 aliphatic carbocycles. The Balaban J connectivity index is 1.56. The van der Waals surface area contributed by atoms with E-state index in [0.717, 1.165) is 28.6 Å². The number of alkyl halides is 6. The molecule has 1 heterocycles. The second-order valence-corrected chi connectivity index (χ2v) is 12.9. The summed E-state index contributed by atoms with van der Waals surface area (Å²) in [4.78, 5) is 11.1. The van der Waals surface area contributed by atoms with Gasteiger partial charge in [0, 0.05) is 19.0 Å². The molecule has 1 aliphatic heterocycles. The Morgan fingerprint density at radius 2 is 1.68 bits per heavy atom. The number of nitrogens with one attached hydrogen (secondary N) is 1. The van der Waals surface area contributed by atoms with Crippen LogP contribution in [0.4, 0.5) is 26.3 Å². The molecule has 1 saturated heterocycles. The summed E-state index contributed by atoms with van der Waals surface area (Å²) in [6, 6.07) is 3.13. The molecule has 2 N–H and O–H groups in total. The lowest BCUT2D eigenvalue weighted by Gasteiger charge is -2.30. The van der Waals surface area contributed by atoms with Gasteiger partial charge < -0.3 is 5.32 Å². The molecule has 1 amide bonds. The van der Waals surface area contributed by atoms with E-state index in [0.29, 0.717) is 18.6 Å². The van der Waals surface area contributed by atoms with Crippen molar-refractivity contribution in [3.05, 3.63) is 58.7 Å². The fourth-order valence-corrected chi connectivity index (χ4v) is 7.79. The first kappa shape index (κ1) is 30.3. The maximum Gasteiger partial charge on any atom is 0.418 e. The summed E-state index contributed by atoms with van der Waals surface area (Å²) in [5.41, 5.74) is -2.98. The Morgan fingerprint density at radius 3 is 2.30 bits per heavy atom. The third kappa shape index (κ3) is 6.14. The summed E-state index contributed by atoms with van der Waals surface area (Å²) in [5.74, 6) is -0.693. The van der Waals surface area contributed by atoms with E-state index in [1.807, 2.05) is 0 Å². The molecule has 2 aromatic rings. The molecule has 220 valence electrons. The lowest BCUT2D eigenvalue weighted by atomic mass is 9.84. The highest BCUT2D eigenvalue weighted by Crippen LogP contribution is 2.43. The Bertz CT molecular complexity index is 1520.